The van der Waals surface area contributed by atoms with Gasteiger partial charge in [0.15, 0.2) is 0 Å². The third kappa shape index (κ3) is 2.66. The largest absolute Gasteiger partial charge is 0.399 e. The normalized spacial score (nSPS) is 23.7. The van der Waals surface area contributed by atoms with Crippen molar-refractivity contribution in [3.05, 3.63) is 29.8 Å². The lowest BCUT2D eigenvalue weighted by Crippen LogP contribution is -2.42. The van der Waals surface area contributed by atoms with Crippen molar-refractivity contribution >= 4 is 11.6 Å². The molecule has 0 aliphatic heterocycles. The number of nitrogens with zero attached hydrogens (tertiary/aromatic N) is 1. The molecule has 0 aromatic heterocycles. The lowest BCUT2D eigenvalue weighted by Gasteiger charge is -2.36. The molecule has 0 saturated heterocycles. The lowest BCUT2D eigenvalue weighted by molar-refractivity contribution is 0.0629. The van der Waals surface area contributed by atoms with Crippen molar-refractivity contribution in [2.75, 3.05) is 12.8 Å². The zero-order valence-corrected chi connectivity index (χ0v) is 11.2. The van der Waals surface area contributed by atoms with Crippen LogP contribution in [-0.2, 0) is 0 Å². The molecule has 2 N–H and O–H groups in total. The number of nitrogen functional groups attached to an aromatic ring is 1. The molecule has 3 heteroatoms. The van der Waals surface area contributed by atoms with Crippen molar-refractivity contribution in [2.45, 2.75) is 38.6 Å². The number of nitrogens with two attached hydrogens (primary N) is 1. The second kappa shape index (κ2) is 5.42. The van der Waals surface area contributed by atoms with Gasteiger partial charge >= 0.3 is 0 Å². The van der Waals surface area contributed by atoms with E-state index in [1.165, 1.54) is 19.3 Å². The molecule has 1 aliphatic carbocycles. The summed E-state index contributed by atoms with van der Waals surface area (Å²) in [6.07, 6.45) is 4.85. The molecule has 1 aromatic carbocycles. The molecule has 0 bridgehead atoms. The van der Waals surface area contributed by atoms with Gasteiger partial charge in [0, 0.05) is 24.3 Å². The standard InChI is InChI=1S/C15H22N2O/c1-11-6-3-4-9-14(11)17(2)15(18)12-7-5-8-13(16)10-12/h5,7-8,10-11,14H,3-4,6,9,16H2,1-2H3. The maximum atomic E-state index is 12.4. The minimum absolute atomic E-state index is 0.0843. The van der Waals surface area contributed by atoms with E-state index in [0.29, 0.717) is 23.2 Å². The molecule has 1 aliphatic rings. The van der Waals surface area contributed by atoms with E-state index in [4.69, 9.17) is 5.73 Å². The fourth-order valence-corrected chi connectivity index (χ4v) is 2.90. The van der Waals surface area contributed by atoms with Crippen molar-refractivity contribution < 1.29 is 4.79 Å². The maximum absolute atomic E-state index is 12.4. The Bertz CT molecular complexity index is 430. The number of benzene rings is 1. The van der Waals surface area contributed by atoms with E-state index in [9.17, 15) is 4.79 Å². The highest BCUT2D eigenvalue weighted by Gasteiger charge is 2.28. The van der Waals surface area contributed by atoms with Crippen LogP contribution in [0.15, 0.2) is 24.3 Å². The van der Waals surface area contributed by atoms with Gasteiger partial charge in [-0.2, -0.15) is 0 Å². The Morgan fingerprint density at radius 2 is 2.06 bits per heavy atom. The first-order valence-corrected chi connectivity index (χ1v) is 6.72. The van der Waals surface area contributed by atoms with E-state index < -0.39 is 0 Å². The van der Waals surface area contributed by atoms with Gasteiger partial charge in [-0.1, -0.05) is 25.8 Å². The molecule has 2 unspecified atom stereocenters. The van der Waals surface area contributed by atoms with Crippen LogP contribution in [0.3, 0.4) is 0 Å². The fraction of sp³-hybridized carbons (Fsp3) is 0.533. The van der Waals surface area contributed by atoms with Crippen LogP contribution in [0.2, 0.25) is 0 Å². The van der Waals surface area contributed by atoms with E-state index in [2.05, 4.69) is 6.92 Å². The van der Waals surface area contributed by atoms with Gasteiger partial charge < -0.3 is 10.6 Å². The summed E-state index contributed by atoms with van der Waals surface area (Å²) in [4.78, 5) is 14.3. The van der Waals surface area contributed by atoms with Crippen LogP contribution in [0.1, 0.15) is 43.0 Å². The number of hydrogen-bond acceptors (Lipinski definition) is 2. The number of carbonyl (C=O) groups is 1. The first kappa shape index (κ1) is 12.9. The Balaban J connectivity index is 2.13. The molecule has 0 spiro atoms. The van der Waals surface area contributed by atoms with Crippen molar-refractivity contribution in [1.29, 1.82) is 0 Å². The summed E-state index contributed by atoms with van der Waals surface area (Å²) >= 11 is 0. The van der Waals surface area contributed by atoms with Gasteiger partial charge in [-0.05, 0) is 37.0 Å². The third-order valence-corrected chi connectivity index (χ3v) is 4.02. The topological polar surface area (TPSA) is 46.3 Å². The summed E-state index contributed by atoms with van der Waals surface area (Å²) in [7, 11) is 1.91. The summed E-state index contributed by atoms with van der Waals surface area (Å²) in [6, 6.07) is 7.60. The summed E-state index contributed by atoms with van der Waals surface area (Å²) in [5.74, 6) is 0.676. The fourth-order valence-electron chi connectivity index (χ4n) is 2.90. The monoisotopic (exact) mass is 246 g/mol. The zero-order chi connectivity index (χ0) is 13.1. The highest BCUT2D eigenvalue weighted by Crippen LogP contribution is 2.28. The number of amides is 1. The van der Waals surface area contributed by atoms with Crippen LogP contribution in [-0.4, -0.2) is 23.9 Å². The molecule has 2 rings (SSSR count). The van der Waals surface area contributed by atoms with Gasteiger partial charge in [0.05, 0.1) is 0 Å². The predicted octanol–water partition coefficient (Wildman–Crippen LogP) is 2.92. The van der Waals surface area contributed by atoms with Gasteiger partial charge in [0.1, 0.15) is 0 Å². The molecule has 98 valence electrons. The molecule has 1 aromatic rings. The molecule has 1 saturated carbocycles. The van der Waals surface area contributed by atoms with Gasteiger partial charge in [-0.25, -0.2) is 0 Å². The van der Waals surface area contributed by atoms with E-state index in [-0.39, 0.29) is 5.91 Å². The lowest BCUT2D eigenvalue weighted by atomic mass is 9.85. The summed E-state index contributed by atoms with van der Waals surface area (Å²) in [5.41, 5.74) is 7.07. The minimum atomic E-state index is 0.0843. The molecular weight excluding hydrogens is 224 g/mol. The molecule has 3 nitrogen and oxygen atoms in total. The van der Waals surface area contributed by atoms with Crippen LogP contribution in [0.25, 0.3) is 0 Å². The zero-order valence-electron chi connectivity index (χ0n) is 11.2. The Kier molecular flexibility index (Phi) is 3.90. The number of hydrogen-bond donors (Lipinski definition) is 1. The van der Waals surface area contributed by atoms with Gasteiger partial charge in [-0.3, -0.25) is 4.79 Å². The van der Waals surface area contributed by atoms with E-state index >= 15 is 0 Å². The van der Waals surface area contributed by atoms with Gasteiger partial charge in [0.2, 0.25) is 0 Å². The SMILES string of the molecule is CC1CCCCC1N(C)C(=O)c1cccc(N)c1. The number of rotatable bonds is 2. The molecule has 1 amide bonds. The van der Waals surface area contributed by atoms with Gasteiger partial charge in [-0.15, -0.1) is 0 Å². The molecule has 1 fully saturated rings. The Labute approximate surface area is 109 Å². The quantitative estimate of drug-likeness (QED) is 0.815. The maximum Gasteiger partial charge on any atom is 0.253 e. The average Bonchev–Trinajstić information content (AvgIpc) is 2.37. The smallest absolute Gasteiger partial charge is 0.253 e. The molecule has 0 radical (unpaired) electrons. The van der Waals surface area contributed by atoms with Crippen molar-refractivity contribution in [3.8, 4) is 0 Å². The number of carbonyl (C=O) groups excluding carboxylic acids is 1. The highest BCUT2D eigenvalue weighted by molar-refractivity contribution is 5.95. The highest BCUT2D eigenvalue weighted by atomic mass is 16.2. The van der Waals surface area contributed by atoms with Crippen LogP contribution in [0.5, 0.6) is 0 Å². The van der Waals surface area contributed by atoms with Gasteiger partial charge in [0.25, 0.3) is 5.91 Å². The van der Waals surface area contributed by atoms with Crippen LogP contribution in [0, 0.1) is 5.92 Å². The minimum Gasteiger partial charge on any atom is -0.399 e. The van der Waals surface area contributed by atoms with Crippen molar-refractivity contribution in [1.82, 2.24) is 4.90 Å². The third-order valence-electron chi connectivity index (χ3n) is 4.02. The van der Waals surface area contributed by atoms with Crippen LogP contribution in [0.4, 0.5) is 5.69 Å². The summed E-state index contributed by atoms with van der Waals surface area (Å²) < 4.78 is 0. The van der Waals surface area contributed by atoms with E-state index in [1.807, 2.05) is 24.1 Å². The molecule has 0 heterocycles. The van der Waals surface area contributed by atoms with E-state index in [0.717, 1.165) is 6.42 Å². The van der Waals surface area contributed by atoms with Crippen molar-refractivity contribution in [3.63, 3.8) is 0 Å². The first-order valence-electron chi connectivity index (χ1n) is 6.72. The van der Waals surface area contributed by atoms with Crippen LogP contribution < -0.4 is 5.73 Å². The van der Waals surface area contributed by atoms with Crippen LogP contribution >= 0.6 is 0 Å². The molecule has 18 heavy (non-hydrogen) atoms. The summed E-state index contributed by atoms with van der Waals surface area (Å²) in [6.45, 7) is 2.24. The first-order chi connectivity index (χ1) is 8.59. The van der Waals surface area contributed by atoms with Crippen molar-refractivity contribution in [2.24, 2.45) is 5.92 Å². The average molecular weight is 246 g/mol. The Morgan fingerprint density at radius 1 is 1.33 bits per heavy atom. The summed E-state index contributed by atoms with van der Waals surface area (Å²) in [5, 5.41) is 0. The second-order valence-corrected chi connectivity index (χ2v) is 5.37. The number of anilines is 1. The predicted molar refractivity (Wildman–Crippen MR) is 74.4 cm³/mol. The van der Waals surface area contributed by atoms with E-state index in [1.54, 1.807) is 12.1 Å². The molecule has 2 atom stereocenters. The Morgan fingerprint density at radius 3 is 2.72 bits per heavy atom. The molecular formula is C15H22N2O. The Hall–Kier alpha value is -1.51. The second-order valence-electron chi connectivity index (χ2n) is 5.37.